The largest absolute Gasteiger partial charge is 0.310 e. The molecular weight excluding hydrogens is 260 g/mol. The number of hydrogen-bond donors (Lipinski definition) is 1. The third-order valence-electron chi connectivity index (χ3n) is 3.79. The summed E-state index contributed by atoms with van der Waals surface area (Å²) in [4.78, 5) is 4.50. The van der Waals surface area contributed by atoms with Crippen molar-refractivity contribution < 1.29 is 0 Å². The average molecular weight is 280 g/mol. The van der Waals surface area contributed by atoms with E-state index in [9.17, 15) is 0 Å². The van der Waals surface area contributed by atoms with E-state index in [0.29, 0.717) is 6.04 Å². The number of nitrogens with zero attached hydrogens (tertiary/aromatic N) is 3. The first kappa shape index (κ1) is 13.8. The van der Waals surface area contributed by atoms with Crippen molar-refractivity contribution in [3.8, 4) is 0 Å². The average Bonchev–Trinajstić information content (AvgIpc) is 2.94. The summed E-state index contributed by atoms with van der Waals surface area (Å²) in [5.41, 5.74) is 3.61. The summed E-state index contributed by atoms with van der Waals surface area (Å²) in [6.07, 6.45) is 6.80. The van der Waals surface area contributed by atoms with Gasteiger partial charge in [0.1, 0.15) is 0 Å². The molecule has 0 fully saturated rings. The van der Waals surface area contributed by atoms with Gasteiger partial charge < -0.3 is 5.32 Å². The van der Waals surface area contributed by atoms with Crippen LogP contribution < -0.4 is 5.32 Å². The lowest BCUT2D eigenvalue weighted by atomic mass is 10.1. The Kier molecular flexibility index (Phi) is 3.97. The molecule has 0 spiro atoms. The van der Waals surface area contributed by atoms with Gasteiger partial charge in [-0.25, -0.2) is 0 Å². The number of rotatable bonds is 5. The van der Waals surface area contributed by atoms with Gasteiger partial charge in [0.2, 0.25) is 0 Å². The van der Waals surface area contributed by atoms with Crippen LogP contribution in [0.4, 0.5) is 0 Å². The second-order valence-electron chi connectivity index (χ2n) is 5.37. The van der Waals surface area contributed by atoms with Crippen LogP contribution in [-0.2, 0) is 13.5 Å². The minimum absolute atomic E-state index is 0.307. The molecule has 1 aromatic carbocycles. The smallest absolute Gasteiger partial charge is 0.0734 e. The SMILES string of the molecule is CC(NCCc1cccc2cccnc12)c1cnn(C)c1. The molecule has 3 aromatic rings. The van der Waals surface area contributed by atoms with E-state index in [-0.39, 0.29) is 0 Å². The van der Waals surface area contributed by atoms with E-state index >= 15 is 0 Å². The van der Waals surface area contributed by atoms with Crippen molar-refractivity contribution in [2.24, 2.45) is 7.05 Å². The fraction of sp³-hybridized carbons (Fsp3) is 0.294. The molecule has 1 unspecified atom stereocenters. The normalized spacial score (nSPS) is 12.7. The second kappa shape index (κ2) is 6.06. The van der Waals surface area contributed by atoms with E-state index in [0.717, 1.165) is 18.5 Å². The van der Waals surface area contributed by atoms with Crippen molar-refractivity contribution in [1.29, 1.82) is 0 Å². The van der Waals surface area contributed by atoms with Crippen LogP contribution in [-0.4, -0.2) is 21.3 Å². The maximum atomic E-state index is 4.50. The molecule has 4 nitrogen and oxygen atoms in total. The standard InChI is InChI=1S/C17H20N4/c1-13(16-11-20-21(2)12-16)18-10-8-15-6-3-5-14-7-4-9-19-17(14)15/h3-7,9,11-13,18H,8,10H2,1-2H3. The number of aromatic nitrogens is 3. The Labute approximate surface area is 124 Å². The molecule has 0 radical (unpaired) electrons. The summed E-state index contributed by atoms with van der Waals surface area (Å²) in [5.74, 6) is 0. The fourth-order valence-electron chi connectivity index (χ4n) is 2.57. The summed E-state index contributed by atoms with van der Waals surface area (Å²) in [6.45, 7) is 3.09. The molecule has 0 aliphatic carbocycles. The summed E-state index contributed by atoms with van der Waals surface area (Å²) in [7, 11) is 1.94. The van der Waals surface area contributed by atoms with Gasteiger partial charge in [-0.2, -0.15) is 5.10 Å². The Bertz CT molecular complexity index is 727. The van der Waals surface area contributed by atoms with Crippen LogP contribution in [0.2, 0.25) is 0 Å². The predicted octanol–water partition coefficient (Wildman–Crippen LogP) is 2.86. The van der Waals surface area contributed by atoms with E-state index < -0.39 is 0 Å². The molecule has 0 aliphatic rings. The molecule has 0 saturated heterocycles. The number of fused-ring (bicyclic) bond motifs is 1. The highest BCUT2D eigenvalue weighted by molar-refractivity contribution is 5.81. The van der Waals surface area contributed by atoms with E-state index in [1.165, 1.54) is 16.5 Å². The number of hydrogen-bond acceptors (Lipinski definition) is 3. The maximum Gasteiger partial charge on any atom is 0.0734 e. The lowest BCUT2D eigenvalue weighted by molar-refractivity contribution is 0.577. The van der Waals surface area contributed by atoms with Crippen LogP contribution in [0.25, 0.3) is 10.9 Å². The van der Waals surface area contributed by atoms with Gasteiger partial charge >= 0.3 is 0 Å². The first-order valence-corrected chi connectivity index (χ1v) is 7.28. The maximum absolute atomic E-state index is 4.50. The summed E-state index contributed by atoms with van der Waals surface area (Å²) in [6, 6.07) is 10.8. The molecule has 0 amide bonds. The lowest BCUT2D eigenvalue weighted by Crippen LogP contribution is -2.21. The number of pyridine rings is 1. The fourth-order valence-corrected chi connectivity index (χ4v) is 2.57. The summed E-state index contributed by atoms with van der Waals surface area (Å²) < 4.78 is 1.84. The third kappa shape index (κ3) is 3.11. The molecule has 1 N–H and O–H groups in total. The molecule has 0 saturated carbocycles. The van der Waals surface area contributed by atoms with Crippen LogP contribution in [0.3, 0.4) is 0 Å². The Morgan fingerprint density at radius 2 is 2.10 bits per heavy atom. The van der Waals surface area contributed by atoms with Crippen molar-refractivity contribution in [2.75, 3.05) is 6.54 Å². The van der Waals surface area contributed by atoms with Crippen LogP contribution in [0.15, 0.2) is 48.9 Å². The number of para-hydroxylation sites is 1. The molecule has 1 atom stereocenters. The van der Waals surface area contributed by atoms with Crippen molar-refractivity contribution in [1.82, 2.24) is 20.1 Å². The van der Waals surface area contributed by atoms with Crippen LogP contribution in [0, 0.1) is 0 Å². The highest BCUT2D eigenvalue weighted by atomic mass is 15.2. The zero-order chi connectivity index (χ0) is 14.7. The van der Waals surface area contributed by atoms with Gasteiger partial charge in [0.25, 0.3) is 0 Å². The Morgan fingerprint density at radius 1 is 1.24 bits per heavy atom. The van der Waals surface area contributed by atoms with Crippen LogP contribution >= 0.6 is 0 Å². The zero-order valence-corrected chi connectivity index (χ0v) is 12.5. The Hall–Kier alpha value is -2.20. The molecule has 2 heterocycles. The number of nitrogens with one attached hydrogen (secondary N) is 1. The quantitative estimate of drug-likeness (QED) is 0.781. The van der Waals surface area contributed by atoms with Gasteiger partial charge in [0, 0.05) is 36.4 Å². The van der Waals surface area contributed by atoms with Crippen molar-refractivity contribution >= 4 is 10.9 Å². The Balaban J connectivity index is 1.64. The monoisotopic (exact) mass is 280 g/mol. The molecule has 4 heteroatoms. The van der Waals surface area contributed by atoms with Gasteiger partial charge in [0.05, 0.1) is 11.7 Å². The topological polar surface area (TPSA) is 42.7 Å². The third-order valence-corrected chi connectivity index (χ3v) is 3.79. The minimum Gasteiger partial charge on any atom is -0.310 e. The summed E-state index contributed by atoms with van der Waals surface area (Å²) >= 11 is 0. The van der Waals surface area contributed by atoms with Crippen molar-refractivity contribution in [2.45, 2.75) is 19.4 Å². The highest BCUT2D eigenvalue weighted by Crippen LogP contribution is 2.16. The second-order valence-corrected chi connectivity index (χ2v) is 5.37. The summed E-state index contributed by atoms with van der Waals surface area (Å²) in [5, 5.41) is 8.96. The van der Waals surface area contributed by atoms with E-state index in [1.807, 2.05) is 30.2 Å². The molecule has 0 bridgehead atoms. The van der Waals surface area contributed by atoms with Gasteiger partial charge in [0.15, 0.2) is 0 Å². The van der Waals surface area contributed by atoms with E-state index in [4.69, 9.17) is 0 Å². The predicted molar refractivity (Wildman–Crippen MR) is 85.1 cm³/mol. The number of aryl methyl sites for hydroxylation is 1. The molecule has 21 heavy (non-hydrogen) atoms. The van der Waals surface area contributed by atoms with Crippen molar-refractivity contribution in [3.05, 3.63) is 60.0 Å². The van der Waals surface area contributed by atoms with Gasteiger partial charge in [-0.05, 0) is 31.5 Å². The molecule has 108 valence electrons. The Morgan fingerprint density at radius 3 is 2.90 bits per heavy atom. The van der Waals surface area contributed by atoms with Gasteiger partial charge in [-0.3, -0.25) is 9.67 Å². The van der Waals surface area contributed by atoms with Crippen LogP contribution in [0.1, 0.15) is 24.1 Å². The van der Waals surface area contributed by atoms with E-state index in [2.05, 4.69) is 52.8 Å². The first-order valence-electron chi connectivity index (χ1n) is 7.28. The van der Waals surface area contributed by atoms with E-state index in [1.54, 1.807) is 0 Å². The van der Waals surface area contributed by atoms with Gasteiger partial charge in [-0.1, -0.05) is 24.3 Å². The molecule has 3 rings (SSSR count). The highest BCUT2D eigenvalue weighted by Gasteiger charge is 2.07. The van der Waals surface area contributed by atoms with Crippen LogP contribution in [0.5, 0.6) is 0 Å². The zero-order valence-electron chi connectivity index (χ0n) is 12.5. The van der Waals surface area contributed by atoms with Crippen molar-refractivity contribution in [3.63, 3.8) is 0 Å². The molecule has 2 aromatic heterocycles. The molecular formula is C17H20N4. The number of benzene rings is 1. The first-order chi connectivity index (χ1) is 10.2. The lowest BCUT2D eigenvalue weighted by Gasteiger charge is -2.12. The molecule has 0 aliphatic heterocycles. The minimum atomic E-state index is 0.307. The van der Waals surface area contributed by atoms with Gasteiger partial charge in [-0.15, -0.1) is 0 Å².